The third-order valence-corrected chi connectivity index (χ3v) is 8.89. The first-order chi connectivity index (χ1) is 22.7. The Balaban J connectivity index is 0.000000202. The van der Waals surface area contributed by atoms with E-state index in [-0.39, 0.29) is 5.97 Å². The lowest BCUT2D eigenvalue weighted by atomic mass is 9.77. The average molecular weight is 647 g/mol. The molecule has 0 atom stereocenters. The second-order valence-corrected chi connectivity index (χ2v) is 11.9. The molecule has 0 saturated heterocycles. The number of carbonyl (C=O) groups is 2. The van der Waals surface area contributed by atoms with Gasteiger partial charge in [-0.2, -0.15) is 0 Å². The van der Waals surface area contributed by atoms with Crippen LogP contribution < -0.4 is 0 Å². The minimum atomic E-state index is -0.900. The number of aliphatic hydroxyl groups excluding tert-OH is 1. The number of hydrogen-bond donors (Lipinski definition) is 4. The predicted octanol–water partition coefficient (Wildman–Crippen LogP) is 6.69. The van der Waals surface area contributed by atoms with Gasteiger partial charge >= 0.3 is 11.9 Å². The third kappa shape index (κ3) is 8.16. The van der Waals surface area contributed by atoms with Crippen molar-refractivity contribution in [1.82, 2.24) is 19.9 Å². The molecule has 4 aromatic rings. The number of nitrogens with zero attached hydrogens (tertiary/aromatic N) is 2. The van der Waals surface area contributed by atoms with Crippen molar-refractivity contribution in [3.8, 4) is 22.8 Å². The first-order valence-corrected chi connectivity index (χ1v) is 15.9. The average Bonchev–Trinajstić information content (AvgIpc) is 3.67. The van der Waals surface area contributed by atoms with E-state index in [2.05, 4.69) is 26.0 Å². The lowest BCUT2D eigenvalue weighted by Crippen LogP contribution is -2.13. The van der Waals surface area contributed by atoms with Gasteiger partial charge in [-0.25, -0.2) is 19.6 Å². The monoisotopic (exact) mass is 646 g/mol. The maximum atomic E-state index is 12.0. The number of carboxylic acids is 1. The molecule has 47 heavy (non-hydrogen) atoms. The highest BCUT2D eigenvalue weighted by Gasteiger charge is 2.27. The molecular weight excluding hydrogens is 600 g/mol. The fraction of sp³-hybridized carbons (Fsp3) is 0.444. The zero-order valence-corrected chi connectivity index (χ0v) is 28.1. The van der Waals surface area contributed by atoms with Crippen LogP contribution >= 0.6 is 0 Å². The van der Waals surface area contributed by atoms with Crippen LogP contribution in [0.25, 0.3) is 22.8 Å². The molecule has 2 saturated carbocycles. The maximum absolute atomic E-state index is 12.0. The van der Waals surface area contributed by atoms with Gasteiger partial charge in [0.1, 0.15) is 11.6 Å². The van der Waals surface area contributed by atoms with E-state index in [0.717, 1.165) is 65.2 Å². The molecule has 252 valence electrons. The van der Waals surface area contributed by atoms with Gasteiger partial charge in [0.15, 0.2) is 0 Å². The van der Waals surface area contributed by atoms with E-state index in [4.69, 9.17) is 19.3 Å². The standard InChI is InChI=1S/C18H22N2O3.C17H20N2O3.CH4O/c1-11-7-15(12-5-4-6-12)16(8-14(11)18(21)23-3)17-19-9-13(20-17)10-22-2;1-10-6-14(11-4-3-5-11)15(7-13(10)17(20)21)16-18-8-12(19-16)9-22-2;1-2/h7-9,12H,4-6,10H2,1-3H3,(H,19,20);6-8,11H,3-5,9H2,1-2H3,(H,18,19)(H,20,21);2H,1H3. The molecule has 6 rings (SSSR count). The number of esters is 1. The number of aromatic carboxylic acids is 1. The van der Waals surface area contributed by atoms with Crippen molar-refractivity contribution in [2.45, 2.75) is 77.4 Å². The van der Waals surface area contributed by atoms with E-state index < -0.39 is 5.97 Å². The van der Waals surface area contributed by atoms with E-state index in [0.29, 0.717) is 36.2 Å². The summed E-state index contributed by atoms with van der Waals surface area (Å²) in [4.78, 5) is 38.8. The van der Waals surface area contributed by atoms with Crippen LogP contribution in [0.2, 0.25) is 0 Å². The lowest BCUT2D eigenvalue weighted by molar-refractivity contribution is 0.0599. The Kier molecular flexibility index (Phi) is 12.5. The van der Waals surface area contributed by atoms with Gasteiger partial charge < -0.3 is 34.4 Å². The summed E-state index contributed by atoms with van der Waals surface area (Å²) in [5.74, 6) is 1.34. The number of nitrogens with one attached hydrogen (secondary N) is 2. The van der Waals surface area contributed by atoms with Crippen molar-refractivity contribution < 1.29 is 34.0 Å². The Hall–Kier alpha value is -4.32. The Morgan fingerprint density at radius 1 is 0.745 bits per heavy atom. The Morgan fingerprint density at radius 3 is 1.53 bits per heavy atom. The summed E-state index contributed by atoms with van der Waals surface area (Å²) in [6.07, 6.45) is 10.7. The van der Waals surface area contributed by atoms with Crippen LogP contribution in [0.1, 0.15) is 105 Å². The number of aromatic amines is 2. The molecule has 11 nitrogen and oxygen atoms in total. The van der Waals surface area contributed by atoms with Crippen LogP contribution in [-0.2, 0) is 27.4 Å². The van der Waals surface area contributed by atoms with Crippen molar-refractivity contribution in [3.05, 3.63) is 81.4 Å². The SMILES string of the molecule is CO.COCc1cnc(-c2cc(C(=O)O)c(C)cc2C2CCC2)[nH]1.COCc1cnc(-c2cc(C(=O)OC)c(C)cc2C2CCC2)[nH]1. The molecule has 11 heteroatoms. The van der Waals surface area contributed by atoms with E-state index in [1.807, 2.05) is 26.0 Å². The van der Waals surface area contributed by atoms with Crippen molar-refractivity contribution in [1.29, 1.82) is 0 Å². The molecular formula is C36H46N4O7. The number of methoxy groups -OCH3 is 3. The van der Waals surface area contributed by atoms with Crippen LogP contribution in [0.15, 0.2) is 36.7 Å². The van der Waals surface area contributed by atoms with Gasteiger partial charge in [0.2, 0.25) is 0 Å². The second kappa shape index (κ2) is 16.5. The zero-order chi connectivity index (χ0) is 34.1. The molecule has 4 N–H and O–H groups in total. The summed E-state index contributed by atoms with van der Waals surface area (Å²) in [6, 6.07) is 7.79. The third-order valence-electron chi connectivity index (χ3n) is 8.89. The fourth-order valence-electron chi connectivity index (χ4n) is 5.99. The number of carbonyl (C=O) groups excluding carboxylic acids is 1. The molecule has 0 spiro atoms. The number of imidazole rings is 2. The second-order valence-electron chi connectivity index (χ2n) is 11.9. The first-order valence-electron chi connectivity index (χ1n) is 15.9. The molecule has 2 aromatic heterocycles. The van der Waals surface area contributed by atoms with Gasteiger partial charge in [-0.15, -0.1) is 0 Å². The lowest BCUT2D eigenvalue weighted by Gasteiger charge is -2.28. The molecule has 2 aliphatic rings. The summed E-state index contributed by atoms with van der Waals surface area (Å²) in [6.45, 7) is 4.76. The van der Waals surface area contributed by atoms with Crippen LogP contribution in [0.5, 0.6) is 0 Å². The summed E-state index contributed by atoms with van der Waals surface area (Å²) in [5.41, 5.74) is 8.84. The topological polar surface area (TPSA) is 160 Å². The molecule has 2 aliphatic carbocycles. The minimum absolute atomic E-state index is 0.312. The summed E-state index contributed by atoms with van der Waals surface area (Å²) >= 11 is 0. The van der Waals surface area contributed by atoms with Crippen molar-refractivity contribution in [2.75, 3.05) is 28.4 Å². The van der Waals surface area contributed by atoms with Crippen LogP contribution in [0.4, 0.5) is 0 Å². The number of rotatable bonds is 10. The van der Waals surface area contributed by atoms with Gasteiger partial charge in [0.25, 0.3) is 0 Å². The number of hydrogen-bond acceptors (Lipinski definition) is 8. The van der Waals surface area contributed by atoms with Gasteiger partial charge in [0, 0.05) is 32.5 Å². The molecule has 0 radical (unpaired) electrons. The molecule has 2 fully saturated rings. The highest BCUT2D eigenvalue weighted by Crippen LogP contribution is 2.43. The smallest absolute Gasteiger partial charge is 0.338 e. The number of benzene rings is 2. The van der Waals surface area contributed by atoms with E-state index >= 15 is 0 Å². The molecule has 0 aliphatic heterocycles. The van der Waals surface area contributed by atoms with Gasteiger partial charge in [0.05, 0.1) is 55.2 Å². The Labute approximate surface area is 275 Å². The first kappa shape index (κ1) is 35.5. The fourth-order valence-corrected chi connectivity index (χ4v) is 5.99. The van der Waals surface area contributed by atoms with Crippen molar-refractivity contribution in [3.63, 3.8) is 0 Å². The number of aliphatic hydroxyl groups is 1. The number of carboxylic acid groups (broad SMARTS) is 1. The van der Waals surface area contributed by atoms with E-state index in [9.17, 15) is 14.7 Å². The van der Waals surface area contributed by atoms with Gasteiger partial charge in [-0.1, -0.05) is 25.0 Å². The van der Waals surface area contributed by atoms with E-state index in [1.165, 1.54) is 43.9 Å². The van der Waals surface area contributed by atoms with Crippen molar-refractivity contribution in [2.24, 2.45) is 0 Å². The Bertz CT molecular complexity index is 1670. The highest BCUT2D eigenvalue weighted by atomic mass is 16.5. The quantitative estimate of drug-likeness (QED) is 0.138. The maximum Gasteiger partial charge on any atom is 0.338 e. The summed E-state index contributed by atoms with van der Waals surface area (Å²) < 4.78 is 15.1. The summed E-state index contributed by atoms with van der Waals surface area (Å²) in [5, 5.41) is 16.4. The molecule has 2 aromatic carbocycles. The van der Waals surface area contributed by atoms with Gasteiger partial charge in [-0.05, 0) is 85.8 Å². The number of aryl methyl sites for hydroxylation is 2. The van der Waals surface area contributed by atoms with Crippen LogP contribution in [-0.4, -0.2) is 70.5 Å². The molecule has 0 bridgehead atoms. The highest BCUT2D eigenvalue weighted by molar-refractivity contribution is 5.93. The number of aromatic nitrogens is 4. The zero-order valence-electron chi connectivity index (χ0n) is 28.1. The van der Waals surface area contributed by atoms with Crippen LogP contribution in [0.3, 0.4) is 0 Å². The molecule has 0 amide bonds. The van der Waals surface area contributed by atoms with Gasteiger partial charge in [-0.3, -0.25) is 0 Å². The predicted molar refractivity (Wildman–Crippen MR) is 179 cm³/mol. The van der Waals surface area contributed by atoms with Crippen LogP contribution in [0, 0.1) is 13.8 Å². The summed E-state index contributed by atoms with van der Waals surface area (Å²) in [7, 11) is 5.70. The number of ether oxygens (including phenoxy) is 3. The van der Waals surface area contributed by atoms with Crippen molar-refractivity contribution >= 4 is 11.9 Å². The number of H-pyrrole nitrogens is 2. The van der Waals surface area contributed by atoms with E-state index in [1.54, 1.807) is 32.7 Å². The minimum Gasteiger partial charge on any atom is -0.478 e. The Morgan fingerprint density at radius 2 is 1.17 bits per heavy atom. The largest absolute Gasteiger partial charge is 0.478 e. The normalized spacial score (nSPS) is 14.2. The molecule has 2 heterocycles. The molecule has 0 unspecified atom stereocenters.